The molecule has 2 aromatic heterocycles. The van der Waals surface area contributed by atoms with E-state index in [9.17, 15) is 4.57 Å². The number of rotatable bonds is 3. The number of anilines is 2. The molecule has 2 heterocycles. The quantitative estimate of drug-likeness (QED) is 0.705. The number of fused-ring (bicyclic) bond motifs is 1. The lowest BCUT2D eigenvalue weighted by atomic mass is 10.2. The number of halogens is 1. The van der Waals surface area contributed by atoms with E-state index in [0.29, 0.717) is 32.3 Å². The molecule has 0 unspecified atom stereocenters. The largest absolute Gasteiger partial charge is 0.339 e. The van der Waals surface area contributed by atoms with E-state index >= 15 is 0 Å². The Morgan fingerprint density at radius 3 is 2.77 bits per heavy atom. The van der Waals surface area contributed by atoms with E-state index < -0.39 is 7.14 Å². The molecule has 0 aliphatic heterocycles. The third-order valence-corrected chi connectivity index (χ3v) is 5.14. The summed E-state index contributed by atoms with van der Waals surface area (Å²) in [6.45, 7) is 3.37. The Morgan fingerprint density at radius 1 is 1.23 bits per heavy atom. The van der Waals surface area contributed by atoms with E-state index in [1.54, 1.807) is 37.9 Å². The van der Waals surface area contributed by atoms with Crippen LogP contribution in [0.4, 0.5) is 11.5 Å². The Kier molecular flexibility index (Phi) is 3.60. The zero-order valence-electron chi connectivity index (χ0n) is 12.9. The molecule has 3 aromatic rings. The van der Waals surface area contributed by atoms with Crippen LogP contribution in [-0.4, -0.2) is 33.3 Å². The summed E-state index contributed by atoms with van der Waals surface area (Å²) in [5, 5.41) is 3.73. The molecular weight excluding hydrogens is 365 g/mol. The average molecular weight is 379 g/mol. The third-order valence-electron chi connectivity index (χ3n) is 3.03. The van der Waals surface area contributed by atoms with Crippen LogP contribution in [0, 0.1) is 0 Å². The van der Waals surface area contributed by atoms with Crippen LogP contribution in [0.5, 0.6) is 0 Å². The highest BCUT2D eigenvalue weighted by atomic mass is 79.9. The van der Waals surface area contributed by atoms with E-state index in [-0.39, 0.29) is 6.30 Å². The van der Waals surface area contributed by atoms with Crippen molar-refractivity contribution in [2.24, 2.45) is 0 Å². The van der Waals surface area contributed by atoms with Gasteiger partial charge in [0.1, 0.15) is 26.2 Å². The molecule has 8 heteroatoms. The van der Waals surface area contributed by atoms with Crippen molar-refractivity contribution in [1.29, 1.82) is 0 Å². The van der Waals surface area contributed by atoms with Gasteiger partial charge in [-0.15, -0.1) is 0 Å². The molecule has 0 aliphatic carbocycles. The van der Waals surface area contributed by atoms with Gasteiger partial charge in [0.15, 0.2) is 0 Å². The average Bonchev–Trinajstić information content (AvgIpc) is 2.49. The molecule has 0 atom stereocenters. The second kappa shape index (κ2) is 5.74. The van der Waals surface area contributed by atoms with Gasteiger partial charge in [-0.2, -0.15) is 0 Å². The predicted octanol–water partition coefficient (Wildman–Crippen LogP) is 3.17. The van der Waals surface area contributed by atoms with Crippen LogP contribution in [0.2, 0.25) is 0 Å². The SMILES string of the molecule is [2H]c1ncc(Br)c(Nc2ccc3nccnc3c2P(C)(C)=O)n1. The zero-order chi connectivity index (χ0) is 16.6. The van der Waals surface area contributed by atoms with E-state index in [2.05, 4.69) is 41.2 Å². The first kappa shape index (κ1) is 13.8. The van der Waals surface area contributed by atoms with Gasteiger partial charge in [-0.3, -0.25) is 9.97 Å². The monoisotopic (exact) mass is 378 g/mol. The van der Waals surface area contributed by atoms with Gasteiger partial charge in [-0.05, 0) is 41.4 Å². The molecular formula is C14H13BrN5OP. The second-order valence-corrected chi connectivity index (χ2v) is 9.03. The van der Waals surface area contributed by atoms with Crippen LogP contribution in [0.25, 0.3) is 11.0 Å². The molecule has 22 heavy (non-hydrogen) atoms. The van der Waals surface area contributed by atoms with Crippen LogP contribution in [0.1, 0.15) is 1.37 Å². The molecule has 112 valence electrons. The summed E-state index contributed by atoms with van der Waals surface area (Å²) >= 11 is 3.34. The number of nitrogens with one attached hydrogen (secondary N) is 1. The van der Waals surface area contributed by atoms with Gasteiger partial charge in [0.05, 0.1) is 21.0 Å². The minimum absolute atomic E-state index is 0.103. The highest BCUT2D eigenvalue weighted by Crippen LogP contribution is 2.41. The number of hydrogen-bond donors (Lipinski definition) is 1. The molecule has 0 saturated heterocycles. The van der Waals surface area contributed by atoms with Gasteiger partial charge in [0, 0.05) is 18.6 Å². The molecule has 3 rings (SSSR count). The summed E-state index contributed by atoms with van der Waals surface area (Å²) in [4.78, 5) is 16.4. The Labute approximate surface area is 137 Å². The first-order valence-electron chi connectivity index (χ1n) is 6.91. The van der Waals surface area contributed by atoms with E-state index in [1.165, 1.54) is 6.20 Å². The minimum Gasteiger partial charge on any atom is -0.339 e. The van der Waals surface area contributed by atoms with Gasteiger partial charge in [-0.25, -0.2) is 9.97 Å². The fraction of sp³-hybridized carbons (Fsp3) is 0.143. The summed E-state index contributed by atoms with van der Waals surface area (Å²) in [5.74, 6) is 0.433. The van der Waals surface area contributed by atoms with Crippen molar-refractivity contribution in [3.8, 4) is 0 Å². The van der Waals surface area contributed by atoms with Crippen molar-refractivity contribution in [2.45, 2.75) is 0 Å². The van der Waals surface area contributed by atoms with E-state index in [4.69, 9.17) is 1.37 Å². The fourth-order valence-corrected chi connectivity index (χ4v) is 3.85. The first-order valence-corrected chi connectivity index (χ1v) is 9.81. The Morgan fingerprint density at radius 2 is 2.00 bits per heavy atom. The molecule has 1 aromatic carbocycles. The number of aromatic nitrogens is 4. The van der Waals surface area contributed by atoms with Crippen LogP contribution in [-0.2, 0) is 4.57 Å². The molecule has 0 aliphatic rings. The first-order chi connectivity index (χ1) is 10.9. The maximum absolute atomic E-state index is 12.8. The molecule has 0 amide bonds. The van der Waals surface area contributed by atoms with Gasteiger partial charge in [0.2, 0.25) is 0 Å². The van der Waals surface area contributed by atoms with Crippen molar-refractivity contribution in [3.05, 3.63) is 41.5 Å². The van der Waals surface area contributed by atoms with E-state index in [1.807, 2.05) is 0 Å². The Bertz CT molecular complexity index is 946. The Hall–Kier alpha value is -1.85. The van der Waals surface area contributed by atoms with Crippen molar-refractivity contribution in [2.75, 3.05) is 18.6 Å². The molecule has 1 N–H and O–H groups in total. The summed E-state index contributed by atoms with van der Waals surface area (Å²) in [6.07, 6.45) is 4.57. The lowest BCUT2D eigenvalue weighted by Gasteiger charge is -2.16. The topological polar surface area (TPSA) is 80.7 Å². The van der Waals surface area contributed by atoms with Crippen LogP contribution in [0.3, 0.4) is 0 Å². The van der Waals surface area contributed by atoms with Crippen molar-refractivity contribution >= 4 is 50.9 Å². The molecule has 0 fully saturated rings. The zero-order valence-corrected chi connectivity index (χ0v) is 14.4. The number of hydrogen-bond acceptors (Lipinski definition) is 6. The normalized spacial score (nSPS) is 12.2. The van der Waals surface area contributed by atoms with Gasteiger partial charge < -0.3 is 9.88 Å². The lowest BCUT2D eigenvalue weighted by molar-refractivity contribution is 0.588. The van der Waals surface area contributed by atoms with Gasteiger partial charge in [-0.1, -0.05) is 0 Å². The maximum atomic E-state index is 12.8. The van der Waals surface area contributed by atoms with Crippen LogP contribution >= 0.6 is 23.1 Å². The summed E-state index contributed by atoms with van der Waals surface area (Å²) in [7, 11) is -2.64. The minimum atomic E-state index is -2.64. The Balaban J connectivity index is 2.21. The van der Waals surface area contributed by atoms with Gasteiger partial charge in [0.25, 0.3) is 0 Å². The summed E-state index contributed by atoms with van der Waals surface area (Å²) in [5.41, 5.74) is 1.91. The molecule has 0 bridgehead atoms. The maximum Gasteiger partial charge on any atom is 0.148 e. The molecule has 6 nitrogen and oxygen atoms in total. The molecule has 0 saturated carbocycles. The second-order valence-electron chi connectivity index (χ2n) is 5.03. The van der Waals surface area contributed by atoms with Crippen molar-refractivity contribution in [3.63, 3.8) is 0 Å². The number of nitrogens with zero attached hydrogens (tertiary/aromatic N) is 4. The van der Waals surface area contributed by atoms with Gasteiger partial charge >= 0.3 is 0 Å². The van der Waals surface area contributed by atoms with Crippen molar-refractivity contribution < 1.29 is 5.94 Å². The highest BCUT2D eigenvalue weighted by Gasteiger charge is 2.21. The molecule has 0 radical (unpaired) electrons. The predicted molar refractivity (Wildman–Crippen MR) is 91.6 cm³/mol. The standard InChI is InChI=1S/C14H13BrN5OP/c1-22(2,21)13-11(20-14-9(15)7-16-8-19-14)4-3-10-12(13)18-6-5-17-10/h3-8H,1-2H3,(H,16,19,20)/i8D. The summed E-state index contributed by atoms with van der Waals surface area (Å²) in [6, 6.07) is 3.60. The van der Waals surface area contributed by atoms with Crippen LogP contribution < -0.4 is 10.6 Å². The molecule has 0 spiro atoms. The summed E-state index contributed by atoms with van der Waals surface area (Å²) < 4.78 is 21.0. The third kappa shape index (κ3) is 2.87. The highest BCUT2D eigenvalue weighted by molar-refractivity contribution is 9.10. The fourth-order valence-electron chi connectivity index (χ4n) is 2.16. The van der Waals surface area contributed by atoms with Crippen molar-refractivity contribution in [1.82, 2.24) is 19.9 Å². The number of benzene rings is 1. The smallest absolute Gasteiger partial charge is 0.148 e. The van der Waals surface area contributed by atoms with Crippen LogP contribution in [0.15, 0.2) is 41.5 Å². The lowest BCUT2D eigenvalue weighted by Crippen LogP contribution is -2.13. The van der Waals surface area contributed by atoms with E-state index in [0.717, 1.165) is 0 Å².